The van der Waals surface area contributed by atoms with Crippen molar-refractivity contribution in [3.63, 3.8) is 0 Å². The van der Waals surface area contributed by atoms with Crippen molar-refractivity contribution in [1.29, 1.82) is 0 Å². The van der Waals surface area contributed by atoms with Crippen LogP contribution in [-0.2, 0) is 10.8 Å². The number of benzene rings is 2. The Labute approximate surface area is 129 Å². The van der Waals surface area contributed by atoms with Crippen molar-refractivity contribution in [1.82, 2.24) is 0 Å². The van der Waals surface area contributed by atoms with Crippen LogP contribution in [0.25, 0.3) is 0 Å². The smallest absolute Gasteiger partial charge is 0.274 e. The summed E-state index contributed by atoms with van der Waals surface area (Å²) in [6.07, 6.45) is 1.56. The summed E-state index contributed by atoms with van der Waals surface area (Å²) in [7, 11) is -1.11. The molecule has 1 N–H and O–H groups in total. The maximum atomic E-state index is 12.2. The maximum absolute atomic E-state index is 12.2. The molecule has 0 aromatic heterocycles. The van der Waals surface area contributed by atoms with Crippen molar-refractivity contribution in [2.45, 2.75) is 11.8 Å². The van der Waals surface area contributed by atoms with Crippen LogP contribution >= 0.6 is 0 Å². The van der Waals surface area contributed by atoms with Crippen LogP contribution in [0.3, 0.4) is 0 Å². The third-order valence-corrected chi connectivity index (χ3v) is 4.13. The number of hydrogen-bond donors (Lipinski definition) is 1. The largest absolute Gasteiger partial charge is 0.321 e. The molecule has 1 amide bonds. The highest BCUT2D eigenvalue weighted by atomic mass is 32.2. The molecule has 1 unspecified atom stereocenters. The van der Waals surface area contributed by atoms with Gasteiger partial charge < -0.3 is 5.32 Å². The van der Waals surface area contributed by atoms with E-state index in [0.29, 0.717) is 21.7 Å². The fraction of sp³-hybridized carbons (Fsp3) is 0.133. The Morgan fingerprint density at radius 1 is 1.18 bits per heavy atom. The van der Waals surface area contributed by atoms with Crippen LogP contribution in [0.4, 0.5) is 11.4 Å². The predicted molar refractivity (Wildman–Crippen MR) is 84.6 cm³/mol. The molecule has 2 rings (SSSR count). The lowest BCUT2D eigenvalue weighted by atomic mass is 10.1. The molecular weight excluding hydrogens is 304 g/mol. The van der Waals surface area contributed by atoms with E-state index in [1.54, 1.807) is 43.5 Å². The van der Waals surface area contributed by atoms with E-state index >= 15 is 0 Å². The molecule has 0 saturated carbocycles. The Balaban J connectivity index is 2.24. The molecule has 1 atom stereocenters. The van der Waals surface area contributed by atoms with Gasteiger partial charge in [-0.25, -0.2) is 0 Å². The lowest BCUT2D eigenvalue weighted by Gasteiger charge is -2.09. The van der Waals surface area contributed by atoms with Crippen molar-refractivity contribution in [3.8, 4) is 0 Å². The molecule has 2 aromatic rings. The summed E-state index contributed by atoms with van der Waals surface area (Å²) in [5, 5.41) is 13.5. The summed E-state index contributed by atoms with van der Waals surface area (Å²) in [5.74, 6) is -0.378. The molecule has 0 spiro atoms. The van der Waals surface area contributed by atoms with Gasteiger partial charge in [0.05, 0.1) is 16.2 Å². The summed E-state index contributed by atoms with van der Waals surface area (Å²) in [6, 6.07) is 10.9. The zero-order chi connectivity index (χ0) is 16.3. The number of amides is 1. The van der Waals surface area contributed by atoms with E-state index in [4.69, 9.17) is 0 Å². The molecule has 6 nitrogen and oxygen atoms in total. The molecule has 0 aliphatic rings. The second-order valence-corrected chi connectivity index (χ2v) is 6.02. The number of anilines is 1. The summed E-state index contributed by atoms with van der Waals surface area (Å²) >= 11 is 0. The molecule has 0 fully saturated rings. The van der Waals surface area contributed by atoms with E-state index in [1.165, 1.54) is 12.1 Å². The van der Waals surface area contributed by atoms with Gasteiger partial charge in [-0.15, -0.1) is 0 Å². The molecule has 0 saturated heterocycles. The van der Waals surface area contributed by atoms with Crippen LogP contribution in [-0.4, -0.2) is 21.3 Å². The minimum Gasteiger partial charge on any atom is -0.321 e. The van der Waals surface area contributed by atoms with E-state index in [0.717, 1.165) is 0 Å². The maximum Gasteiger partial charge on any atom is 0.274 e. The summed E-state index contributed by atoms with van der Waals surface area (Å²) < 4.78 is 11.3. The zero-order valence-corrected chi connectivity index (χ0v) is 12.8. The van der Waals surface area contributed by atoms with Crippen LogP contribution in [0.1, 0.15) is 15.9 Å². The first-order valence-electron chi connectivity index (χ1n) is 6.39. The van der Waals surface area contributed by atoms with Gasteiger partial charge in [-0.3, -0.25) is 19.1 Å². The first-order chi connectivity index (χ1) is 10.4. The number of nitrogens with one attached hydrogen (secondary N) is 1. The first kappa shape index (κ1) is 15.8. The molecule has 0 heterocycles. The van der Waals surface area contributed by atoms with Gasteiger partial charge in [-0.2, -0.15) is 0 Å². The Hall–Kier alpha value is -2.54. The van der Waals surface area contributed by atoms with Gasteiger partial charge in [0.25, 0.3) is 11.6 Å². The molecule has 7 heteroatoms. The second kappa shape index (κ2) is 6.48. The standard InChI is InChI=1S/C15H14N2O4S/c1-10-13(4-3-5-14(10)17(19)20)16-15(18)11-6-8-12(9-7-11)22(2)21/h3-9H,1-2H3,(H,16,18). The van der Waals surface area contributed by atoms with Gasteiger partial charge in [0.1, 0.15) is 0 Å². The number of rotatable bonds is 4. The van der Waals surface area contributed by atoms with Crippen LogP contribution in [0, 0.1) is 17.0 Å². The fourth-order valence-electron chi connectivity index (χ4n) is 1.95. The van der Waals surface area contributed by atoms with Gasteiger partial charge in [0.15, 0.2) is 0 Å². The van der Waals surface area contributed by atoms with Crippen molar-refractivity contribution >= 4 is 28.1 Å². The van der Waals surface area contributed by atoms with Gasteiger partial charge >= 0.3 is 0 Å². The molecule has 114 valence electrons. The molecule has 0 radical (unpaired) electrons. The highest BCUT2D eigenvalue weighted by Crippen LogP contribution is 2.25. The minimum atomic E-state index is -1.11. The Bertz CT molecular complexity index is 757. The minimum absolute atomic E-state index is 0.0467. The number of nitrogens with zero attached hydrogens (tertiary/aromatic N) is 1. The number of nitro benzene ring substituents is 1. The van der Waals surface area contributed by atoms with E-state index in [9.17, 15) is 19.1 Å². The SMILES string of the molecule is Cc1c(NC(=O)c2ccc(S(C)=O)cc2)cccc1[N+](=O)[O-]. The predicted octanol–water partition coefficient (Wildman–Crippen LogP) is 2.89. The van der Waals surface area contributed by atoms with Gasteiger partial charge in [-0.1, -0.05) is 6.07 Å². The number of carbonyl (C=O) groups excluding carboxylic acids is 1. The molecule has 0 bridgehead atoms. The second-order valence-electron chi connectivity index (χ2n) is 4.64. The molecule has 22 heavy (non-hydrogen) atoms. The highest BCUT2D eigenvalue weighted by Gasteiger charge is 2.15. The topological polar surface area (TPSA) is 89.3 Å². The average Bonchev–Trinajstić information content (AvgIpc) is 2.49. The molecular formula is C15H14N2O4S. The van der Waals surface area contributed by atoms with Crippen molar-refractivity contribution < 1.29 is 13.9 Å². The first-order valence-corrected chi connectivity index (χ1v) is 7.95. The average molecular weight is 318 g/mol. The number of nitro groups is 1. The van der Waals surface area contributed by atoms with Crippen molar-refractivity contribution in [2.24, 2.45) is 0 Å². The Kier molecular flexibility index (Phi) is 4.67. The summed E-state index contributed by atoms with van der Waals surface area (Å²) in [5.41, 5.74) is 1.13. The summed E-state index contributed by atoms with van der Waals surface area (Å²) in [6.45, 7) is 1.58. The Morgan fingerprint density at radius 3 is 2.36 bits per heavy atom. The van der Waals surface area contributed by atoms with Crippen LogP contribution < -0.4 is 5.32 Å². The van der Waals surface area contributed by atoms with Crippen LogP contribution in [0.5, 0.6) is 0 Å². The molecule has 0 aliphatic carbocycles. The number of hydrogen-bond acceptors (Lipinski definition) is 4. The van der Waals surface area contributed by atoms with Gasteiger partial charge in [0, 0.05) is 33.6 Å². The summed E-state index contributed by atoms with van der Waals surface area (Å²) in [4.78, 5) is 23.2. The van der Waals surface area contributed by atoms with Crippen molar-refractivity contribution in [2.75, 3.05) is 11.6 Å². The quantitative estimate of drug-likeness (QED) is 0.693. The normalized spacial score (nSPS) is 11.7. The lowest BCUT2D eigenvalue weighted by Crippen LogP contribution is -2.13. The van der Waals surface area contributed by atoms with Crippen LogP contribution in [0.15, 0.2) is 47.4 Å². The number of carbonyl (C=O) groups is 1. The fourth-order valence-corrected chi connectivity index (χ4v) is 2.47. The van der Waals surface area contributed by atoms with Crippen molar-refractivity contribution in [3.05, 3.63) is 63.7 Å². The van der Waals surface area contributed by atoms with E-state index in [-0.39, 0.29) is 11.6 Å². The van der Waals surface area contributed by atoms with E-state index in [2.05, 4.69) is 5.32 Å². The monoisotopic (exact) mass is 318 g/mol. The van der Waals surface area contributed by atoms with E-state index in [1.807, 2.05) is 0 Å². The molecule has 0 aliphatic heterocycles. The van der Waals surface area contributed by atoms with Crippen LogP contribution in [0.2, 0.25) is 0 Å². The van der Waals surface area contributed by atoms with E-state index < -0.39 is 15.7 Å². The van der Waals surface area contributed by atoms with Gasteiger partial charge in [-0.05, 0) is 37.3 Å². The zero-order valence-electron chi connectivity index (χ0n) is 12.0. The van der Waals surface area contributed by atoms with Gasteiger partial charge in [0.2, 0.25) is 0 Å². The Morgan fingerprint density at radius 2 is 1.82 bits per heavy atom. The third kappa shape index (κ3) is 3.37. The molecule has 2 aromatic carbocycles. The third-order valence-electron chi connectivity index (χ3n) is 3.20. The highest BCUT2D eigenvalue weighted by molar-refractivity contribution is 7.84. The lowest BCUT2D eigenvalue weighted by molar-refractivity contribution is -0.385.